The molecule has 126 valence electrons. The van der Waals surface area contributed by atoms with Crippen molar-refractivity contribution in [2.24, 2.45) is 0 Å². The minimum Gasteiger partial charge on any atom is -0.372 e. The van der Waals surface area contributed by atoms with E-state index in [1.165, 1.54) is 0 Å². The molecule has 2 rings (SSSR count). The predicted octanol–water partition coefficient (Wildman–Crippen LogP) is 3.30. The molecular weight excluding hydrogens is 333 g/mol. The van der Waals surface area contributed by atoms with Gasteiger partial charge in [0.05, 0.1) is 9.85 Å². The van der Waals surface area contributed by atoms with Crippen LogP contribution in [-0.2, 0) is 5.60 Å². The topological polar surface area (TPSA) is 107 Å². The summed E-state index contributed by atoms with van der Waals surface area (Å²) >= 11 is 0. The first-order valence-corrected chi connectivity index (χ1v) is 6.36. The molecule has 1 unspecified atom stereocenters. The van der Waals surface area contributed by atoms with Gasteiger partial charge >= 0.3 is 6.18 Å². The van der Waals surface area contributed by atoms with E-state index in [-0.39, 0.29) is 0 Å². The second-order valence-electron chi connectivity index (χ2n) is 4.82. The molecule has 0 aliphatic rings. The fraction of sp³-hybridized carbons (Fsp3) is 0.143. The first kappa shape index (κ1) is 17.3. The summed E-state index contributed by atoms with van der Waals surface area (Å²) in [6.45, 7) is 0. The van der Waals surface area contributed by atoms with Crippen molar-refractivity contribution in [3.05, 3.63) is 79.9 Å². The van der Waals surface area contributed by atoms with E-state index in [2.05, 4.69) is 0 Å². The van der Waals surface area contributed by atoms with Crippen LogP contribution in [0.5, 0.6) is 0 Å². The normalized spacial score (nSPS) is 14.0. The Hall–Kier alpha value is -3.01. The molecule has 0 amide bonds. The van der Waals surface area contributed by atoms with E-state index in [0.29, 0.717) is 6.07 Å². The Morgan fingerprint density at radius 2 is 1.38 bits per heavy atom. The van der Waals surface area contributed by atoms with Crippen LogP contribution in [0.2, 0.25) is 0 Å². The number of hydrogen-bond donors (Lipinski definition) is 1. The van der Waals surface area contributed by atoms with Crippen molar-refractivity contribution in [1.29, 1.82) is 0 Å². The van der Waals surface area contributed by atoms with Crippen LogP contribution in [0.25, 0.3) is 0 Å². The van der Waals surface area contributed by atoms with Crippen molar-refractivity contribution < 1.29 is 28.1 Å². The third kappa shape index (κ3) is 2.91. The second kappa shape index (κ2) is 5.89. The Morgan fingerprint density at radius 3 is 1.83 bits per heavy atom. The van der Waals surface area contributed by atoms with Crippen LogP contribution >= 0.6 is 0 Å². The third-order valence-corrected chi connectivity index (χ3v) is 3.38. The van der Waals surface area contributed by atoms with E-state index in [9.17, 15) is 38.5 Å². The Kier molecular flexibility index (Phi) is 4.26. The monoisotopic (exact) mass is 342 g/mol. The highest BCUT2D eigenvalue weighted by Gasteiger charge is 2.56. The molecule has 0 aliphatic carbocycles. The molecule has 24 heavy (non-hydrogen) atoms. The number of non-ortho nitro benzene ring substituents is 2. The number of nitrogens with zero attached hydrogens (tertiary/aromatic N) is 2. The summed E-state index contributed by atoms with van der Waals surface area (Å²) < 4.78 is 40.5. The zero-order valence-corrected chi connectivity index (χ0v) is 11.7. The Labute approximate surface area is 132 Å². The van der Waals surface area contributed by atoms with Crippen molar-refractivity contribution in [3.8, 4) is 0 Å². The number of nitro groups is 2. The first-order valence-electron chi connectivity index (χ1n) is 6.36. The standard InChI is InChI=1S/C14H9F3N2O5/c15-14(16,17)13(20,9-4-6-11(7-5-9)18(21)22)10-2-1-3-12(8-10)19(23)24/h1-8,20H. The molecule has 1 N–H and O–H groups in total. The van der Waals surface area contributed by atoms with Gasteiger partial charge in [-0.15, -0.1) is 0 Å². The van der Waals surface area contributed by atoms with Crippen LogP contribution in [0.15, 0.2) is 48.5 Å². The lowest BCUT2D eigenvalue weighted by molar-refractivity contribution is -0.385. The number of alkyl halides is 3. The van der Waals surface area contributed by atoms with Crippen molar-refractivity contribution in [3.63, 3.8) is 0 Å². The lowest BCUT2D eigenvalue weighted by Gasteiger charge is -2.31. The maximum Gasteiger partial charge on any atom is 0.425 e. The van der Waals surface area contributed by atoms with Gasteiger partial charge in [0.1, 0.15) is 0 Å². The van der Waals surface area contributed by atoms with Gasteiger partial charge in [-0.25, -0.2) is 0 Å². The molecular formula is C14H9F3N2O5. The summed E-state index contributed by atoms with van der Waals surface area (Å²) in [6.07, 6.45) is -5.21. The van der Waals surface area contributed by atoms with Gasteiger partial charge in [-0.1, -0.05) is 12.1 Å². The van der Waals surface area contributed by atoms with Crippen LogP contribution in [-0.4, -0.2) is 21.1 Å². The summed E-state index contributed by atoms with van der Waals surface area (Å²) in [5, 5.41) is 31.7. The van der Waals surface area contributed by atoms with Gasteiger partial charge in [-0.3, -0.25) is 20.2 Å². The van der Waals surface area contributed by atoms with Crippen LogP contribution in [0.1, 0.15) is 11.1 Å². The van der Waals surface area contributed by atoms with Crippen molar-refractivity contribution in [1.82, 2.24) is 0 Å². The number of hydrogen-bond acceptors (Lipinski definition) is 5. The van der Waals surface area contributed by atoms with Crippen molar-refractivity contribution in [2.45, 2.75) is 11.8 Å². The average Bonchev–Trinajstić information content (AvgIpc) is 2.53. The van der Waals surface area contributed by atoms with Gasteiger partial charge in [0.2, 0.25) is 5.60 Å². The summed E-state index contributed by atoms with van der Waals surface area (Å²) in [5.41, 5.74) is -6.09. The van der Waals surface area contributed by atoms with E-state index in [4.69, 9.17) is 0 Å². The highest BCUT2D eigenvalue weighted by atomic mass is 19.4. The van der Waals surface area contributed by atoms with Crippen LogP contribution < -0.4 is 0 Å². The molecule has 0 bridgehead atoms. The average molecular weight is 342 g/mol. The third-order valence-electron chi connectivity index (χ3n) is 3.38. The van der Waals surface area contributed by atoms with E-state index < -0.39 is 44.1 Å². The number of benzene rings is 2. The van der Waals surface area contributed by atoms with Gasteiger partial charge in [-0.05, 0) is 17.7 Å². The van der Waals surface area contributed by atoms with Gasteiger partial charge in [0, 0.05) is 29.8 Å². The predicted molar refractivity (Wildman–Crippen MR) is 75.2 cm³/mol. The molecule has 0 aromatic heterocycles. The summed E-state index contributed by atoms with van der Waals surface area (Å²) in [5.74, 6) is 0. The molecule has 0 radical (unpaired) electrons. The van der Waals surface area contributed by atoms with Crippen LogP contribution in [0, 0.1) is 20.2 Å². The zero-order chi connectivity index (χ0) is 18.1. The number of rotatable bonds is 4. The Bertz CT molecular complexity index is 792. The highest BCUT2D eigenvalue weighted by molar-refractivity contribution is 5.46. The second-order valence-corrected chi connectivity index (χ2v) is 4.82. The van der Waals surface area contributed by atoms with Gasteiger partial charge in [-0.2, -0.15) is 13.2 Å². The van der Waals surface area contributed by atoms with E-state index in [0.717, 1.165) is 42.5 Å². The number of nitro benzene ring substituents is 2. The summed E-state index contributed by atoms with van der Waals surface area (Å²) in [4.78, 5) is 19.7. The maximum absolute atomic E-state index is 13.5. The van der Waals surface area contributed by atoms with Crippen LogP contribution in [0.3, 0.4) is 0 Å². The lowest BCUT2D eigenvalue weighted by Crippen LogP contribution is -2.43. The fourth-order valence-corrected chi connectivity index (χ4v) is 2.16. The fourth-order valence-electron chi connectivity index (χ4n) is 2.16. The van der Waals surface area contributed by atoms with Gasteiger partial charge < -0.3 is 5.11 Å². The number of halogens is 3. The molecule has 0 heterocycles. The van der Waals surface area contributed by atoms with Crippen LogP contribution in [0.4, 0.5) is 24.5 Å². The zero-order valence-electron chi connectivity index (χ0n) is 11.7. The first-order chi connectivity index (χ1) is 11.1. The molecule has 0 aliphatic heterocycles. The molecule has 10 heteroatoms. The van der Waals surface area contributed by atoms with Gasteiger partial charge in [0.25, 0.3) is 11.4 Å². The summed E-state index contributed by atoms with van der Waals surface area (Å²) in [7, 11) is 0. The molecule has 0 fully saturated rings. The summed E-state index contributed by atoms with van der Waals surface area (Å²) in [6, 6.07) is 6.62. The molecule has 0 saturated carbocycles. The Balaban J connectivity index is 2.65. The Morgan fingerprint density at radius 1 is 0.833 bits per heavy atom. The smallest absolute Gasteiger partial charge is 0.372 e. The van der Waals surface area contributed by atoms with Gasteiger partial charge in [0.15, 0.2) is 0 Å². The van der Waals surface area contributed by atoms with E-state index in [1.54, 1.807) is 0 Å². The highest BCUT2D eigenvalue weighted by Crippen LogP contribution is 2.45. The maximum atomic E-state index is 13.5. The SMILES string of the molecule is O=[N+]([O-])c1ccc(C(O)(c2cccc([N+](=O)[O-])c2)C(F)(F)F)cc1. The molecule has 0 saturated heterocycles. The molecule has 7 nitrogen and oxygen atoms in total. The minimum atomic E-state index is -5.21. The molecule has 2 aromatic carbocycles. The largest absolute Gasteiger partial charge is 0.425 e. The van der Waals surface area contributed by atoms with Crippen molar-refractivity contribution >= 4 is 11.4 Å². The van der Waals surface area contributed by atoms with E-state index in [1.807, 2.05) is 0 Å². The molecule has 0 spiro atoms. The number of aliphatic hydroxyl groups is 1. The minimum absolute atomic E-state index is 0.456. The van der Waals surface area contributed by atoms with Crippen molar-refractivity contribution in [2.75, 3.05) is 0 Å². The quantitative estimate of drug-likeness (QED) is 0.678. The lowest BCUT2D eigenvalue weighted by atomic mass is 9.85. The molecule has 2 aromatic rings. The van der Waals surface area contributed by atoms with E-state index >= 15 is 0 Å². The molecule has 1 atom stereocenters.